The first kappa shape index (κ1) is 10.5. The maximum absolute atomic E-state index is 7.35. The van der Waals surface area contributed by atoms with Gasteiger partial charge in [-0.05, 0) is 29.7 Å². The molecule has 0 unspecified atom stereocenters. The summed E-state index contributed by atoms with van der Waals surface area (Å²) < 4.78 is 0. The van der Waals surface area contributed by atoms with Crippen molar-refractivity contribution < 1.29 is 0 Å². The van der Waals surface area contributed by atoms with Gasteiger partial charge >= 0.3 is 0 Å². The van der Waals surface area contributed by atoms with Gasteiger partial charge in [0.1, 0.15) is 0 Å². The predicted octanol–water partition coefficient (Wildman–Crippen LogP) is 1.25. The van der Waals surface area contributed by atoms with Crippen molar-refractivity contribution in [2.24, 2.45) is 5.73 Å². The van der Waals surface area contributed by atoms with Crippen LogP contribution in [0.4, 0.5) is 5.69 Å². The molecule has 0 atom stereocenters. The van der Waals surface area contributed by atoms with Crippen molar-refractivity contribution in [3.8, 4) is 0 Å². The standard InChI is InChI=1S/C12H16N4/c13-11-3-1-9(2-4-11)10-5-7-16(8-6-10)12(14)15/h1-5H,6-8,13H2,(H3,14,15). The van der Waals surface area contributed by atoms with Gasteiger partial charge < -0.3 is 16.4 Å². The van der Waals surface area contributed by atoms with E-state index in [1.54, 1.807) is 0 Å². The average Bonchev–Trinajstić information content (AvgIpc) is 2.30. The molecular formula is C12H16N4. The quantitative estimate of drug-likeness (QED) is 0.375. The van der Waals surface area contributed by atoms with Crippen LogP contribution in [0.5, 0.6) is 0 Å². The first-order chi connectivity index (χ1) is 7.66. The third-order valence-electron chi connectivity index (χ3n) is 2.83. The van der Waals surface area contributed by atoms with Crippen LogP contribution in [-0.4, -0.2) is 23.9 Å². The van der Waals surface area contributed by atoms with E-state index in [2.05, 4.69) is 6.08 Å². The van der Waals surface area contributed by atoms with Crippen LogP contribution < -0.4 is 11.5 Å². The zero-order chi connectivity index (χ0) is 11.5. The second-order valence-electron chi connectivity index (χ2n) is 3.93. The van der Waals surface area contributed by atoms with Crippen molar-refractivity contribution >= 4 is 17.2 Å². The first-order valence-corrected chi connectivity index (χ1v) is 5.31. The van der Waals surface area contributed by atoms with Crippen LogP contribution in [-0.2, 0) is 0 Å². The lowest BCUT2D eigenvalue weighted by Crippen LogP contribution is -2.39. The molecule has 1 heterocycles. The van der Waals surface area contributed by atoms with Crippen molar-refractivity contribution in [1.82, 2.24) is 4.90 Å². The fourth-order valence-electron chi connectivity index (χ4n) is 1.85. The maximum atomic E-state index is 7.35. The second-order valence-corrected chi connectivity index (χ2v) is 3.93. The number of anilines is 1. The number of nitrogens with zero attached hydrogens (tertiary/aromatic N) is 1. The smallest absolute Gasteiger partial charge is 0.188 e. The summed E-state index contributed by atoms with van der Waals surface area (Å²) in [4.78, 5) is 1.85. The summed E-state index contributed by atoms with van der Waals surface area (Å²) in [7, 11) is 0. The van der Waals surface area contributed by atoms with E-state index in [-0.39, 0.29) is 5.96 Å². The molecule has 0 saturated carbocycles. The Balaban J connectivity index is 2.13. The van der Waals surface area contributed by atoms with Crippen LogP contribution in [0.2, 0.25) is 0 Å². The maximum Gasteiger partial charge on any atom is 0.188 e. The van der Waals surface area contributed by atoms with E-state index in [0.29, 0.717) is 0 Å². The molecule has 0 spiro atoms. The Hall–Kier alpha value is -1.97. The SMILES string of the molecule is N=C(N)N1CC=C(c2ccc(N)cc2)CC1. The fraction of sp³-hybridized carbons (Fsp3) is 0.250. The Morgan fingerprint density at radius 1 is 1.25 bits per heavy atom. The number of nitrogens with two attached hydrogens (primary N) is 2. The molecule has 0 aliphatic carbocycles. The van der Waals surface area contributed by atoms with Crippen molar-refractivity contribution in [3.05, 3.63) is 35.9 Å². The summed E-state index contributed by atoms with van der Waals surface area (Å²) in [6.07, 6.45) is 3.04. The van der Waals surface area contributed by atoms with Crippen LogP contribution in [0.3, 0.4) is 0 Å². The number of nitrogens with one attached hydrogen (secondary N) is 1. The minimum Gasteiger partial charge on any atom is -0.399 e. The summed E-state index contributed by atoms with van der Waals surface area (Å²) in [6, 6.07) is 7.89. The highest BCUT2D eigenvalue weighted by atomic mass is 15.2. The van der Waals surface area contributed by atoms with Gasteiger partial charge in [0.25, 0.3) is 0 Å². The Morgan fingerprint density at radius 3 is 2.44 bits per heavy atom. The van der Waals surface area contributed by atoms with Crippen LogP contribution in [0.25, 0.3) is 5.57 Å². The molecule has 2 rings (SSSR count). The highest BCUT2D eigenvalue weighted by Gasteiger charge is 2.13. The molecule has 4 nitrogen and oxygen atoms in total. The van der Waals surface area contributed by atoms with Gasteiger partial charge in [0, 0.05) is 18.8 Å². The molecule has 1 aliphatic rings. The van der Waals surface area contributed by atoms with E-state index < -0.39 is 0 Å². The van der Waals surface area contributed by atoms with Crippen molar-refractivity contribution in [3.63, 3.8) is 0 Å². The molecule has 1 aliphatic heterocycles. The predicted molar refractivity (Wildman–Crippen MR) is 66.9 cm³/mol. The summed E-state index contributed by atoms with van der Waals surface area (Å²) in [5.74, 6) is 0.146. The molecule has 0 radical (unpaired) electrons. The number of hydrogen-bond donors (Lipinski definition) is 3. The molecule has 4 heteroatoms. The van der Waals surface area contributed by atoms with Gasteiger partial charge in [-0.3, -0.25) is 5.41 Å². The zero-order valence-corrected chi connectivity index (χ0v) is 9.11. The minimum absolute atomic E-state index is 0.146. The largest absolute Gasteiger partial charge is 0.399 e. The van der Waals surface area contributed by atoms with Gasteiger partial charge in [-0.25, -0.2) is 0 Å². The van der Waals surface area contributed by atoms with Gasteiger partial charge in [-0.2, -0.15) is 0 Å². The van der Waals surface area contributed by atoms with E-state index in [1.165, 1.54) is 11.1 Å². The van der Waals surface area contributed by atoms with Crippen LogP contribution in [0.15, 0.2) is 30.3 Å². The number of hydrogen-bond acceptors (Lipinski definition) is 2. The summed E-state index contributed by atoms with van der Waals surface area (Å²) in [5, 5.41) is 7.35. The highest BCUT2D eigenvalue weighted by Crippen LogP contribution is 2.22. The van der Waals surface area contributed by atoms with Crippen molar-refractivity contribution in [2.45, 2.75) is 6.42 Å². The second kappa shape index (κ2) is 4.26. The average molecular weight is 216 g/mol. The van der Waals surface area contributed by atoms with Crippen molar-refractivity contribution in [1.29, 1.82) is 5.41 Å². The Kier molecular flexibility index (Phi) is 2.81. The van der Waals surface area contributed by atoms with Gasteiger partial charge in [0.05, 0.1) is 0 Å². The molecule has 84 valence electrons. The molecule has 16 heavy (non-hydrogen) atoms. The molecule has 0 bridgehead atoms. The Bertz CT molecular complexity index is 419. The molecule has 1 aromatic rings. The topological polar surface area (TPSA) is 79.1 Å². The van der Waals surface area contributed by atoms with Gasteiger partial charge in [-0.15, -0.1) is 0 Å². The fourth-order valence-corrected chi connectivity index (χ4v) is 1.85. The van der Waals surface area contributed by atoms with E-state index in [9.17, 15) is 0 Å². The van der Waals surface area contributed by atoms with Gasteiger partial charge in [-0.1, -0.05) is 18.2 Å². The normalized spacial score (nSPS) is 15.8. The van der Waals surface area contributed by atoms with Crippen molar-refractivity contribution in [2.75, 3.05) is 18.8 Å². The minimum atomic E-state index is 0.146. The van der Waals surface area contributed by atoms with Gasteiger partial charge in [0.15, 0.2) is 5.96 Å². The molecule has 0 amide bonds. The van der Waals surface area contributed by atoms with Crippen LogP contribution >= 0.6 is 0 Å². The van der Waals surface area contributed by atoms with Crippen LogP contribution in [0.1, 0.15) is 12.0 Å². The Labute approximate surface area is 95.1 Å². The summed E-state index contributed by atoms with van der Waals surface area (Å²) in [6.45, 7) is 1.53. The number of rotatable bonds is 1. The van der Waals surface area contributed by atoms with E-state index in [0.717, 1.165) is 25.2 Å². The van der Waals surface area contributed by atoms with Crippen LogP contribution in [0, 0.1) is 5.41 Å². The molecule has 5 N–H and O–H groups in total. The van der Waals surface area contributed by atoms with E-state index in [1.807, 2.05) is 29.2 Å². The summed E-state index contributed by atoms with van der Waals surface area (Å²) in [5.41, 5.74) is 14.4. The van der Waals surface area contributed by atoms with E-state index >= 15 is 0 Å². The molecule has 0 aromatic heterocycles. The molecule has 0 saturated heterocycles. The van der Waals surface area contributed by atoms with E-state index in [4.69, 9.17) is 16.9 Å². The first-order valence-electron chi connectivity index (χ1n) is 5.31. The zero-order valence-electron chi connectivity index (χ0n) is 9.11. The molecule has 1 aromatic carbocycles. The molecular weight excluding hydrogens is 200 g/mol. The molecule has 0 fully saturated rings. The number of nitrogen functional groups attached to an aromatic ring is 1. The lowest BCUT2D eigenvalue weighted by molar-refractivity contribution is 0.451. The monoisotopic (exact) mass is 216 g/mol. The highest BCUT2D eigenvalue weighted by molar-refractivity contribution is 5.77. The third-order valence-corrected chi connectivity index (χ3v) is 2.83. The lowest BCUT2D eigenvalue weighted by atomic mass is 9.99. The number of benzene rings is 1. The lowest BCUT2D eigenvalue weighted by Gasteiger charge is -2.26. The summed E-state index contributed by atoms with van der Waals surface area (Å²) >= 11 is 0. The number of guanidine groups is 1. The third kappa shape index (κ3) is 2.16. The Morgan fingerprint density at radius 2 is 1.94 bits per heavy atom. The van der Waals surface area contributed by atoms with Gasteiger partial charge in [0.2, 0.25) is 0 Å².